The second-order valence-corrected chi connectivity index (χ2v) is 4.99. The van der Waals surface area contributed by atoms with Crippen molar-refractivity contribution >= 4 is 12.1 Å². The number of amides is 1. The van der Waals surface area contributed by atoms with Crippen molar-refractivity contribution in [2.45, 2.75) is 38.9 Å². The zero-order valence-corrected chi connectivity index (χ0v) is 9.94. The number of aliphatic carboxylic acids is 1. The van der Waals surface area contributed by atoms with Crippen molar-refractivity contribution in [3.05, 3.63) is 0 Å². The van der Waals surface area contributed by atoms with Gasteiger partial charge in [0.25, 0.3) is 0 Å². The second kappa shape index (κ2) is 3.93. The zero-order valence-electron chi connectivity index (χ0n) is 9.94. The van der Waals surface area contributed by atoms with E-state index in [-0.39, 0.29) is 13.3 Å². The molecule has 0 saturated carbocycles. The maximum Gasteiger partial charge on any atom is 0.412 e. The Hall–Kier alpha value is -1.30. The van der Waals surface area contributed by atoms with Crippen LogP contribution in [0.25, 0.3) is 0 Å². The summed E-state index contributed by atoms with van der Waals surface area (Å²) in [6.45, 7) is 6.61. The van der Waals surface area contributed by atoms with Crippen LogP contribution in [0.3, 0.4) is 0 Å². The first kappa shape index (κ1) is 12.8. The molecule has 0 bridgehead atoms. The molecule has 1 aliphatic heterocycles. The first-order valence-corrected chi connectivity index (χ1v) is 4.99. The van der Waals surface area contributed by atoms with Crippen LogP contribution in [0.15, 0.2) is 0 Å². The topological polar surface area (TPSA) is 76.1 Å². The van der Waals surface area contributed by atoms with Crippen molar-refractivity contribution in [1.29, 1.82) is 0 Å². The third-order valence-electron chi connectivity index (χ3n) is 2.14. The molecule has 1 atom stereocenters. The minimum Gasteiger partial charge on any atom is -0.479 e. The van der Waals surface area contributed by atoms with Gasteiger partial charge in [-0.25, -0.2) is 9.59 Å². The number of carboxylic acids is 1. The molecule has 92 valence electrons. The number of nitrogens with zero attached hydrogens (tertiary/aromatic N) is 1. The molecule has 16 heavy (non-hydrogen) atoms. The van der Waals surface area contributed by atoms with E-state index >= 15 is 0 Å². The van der Waals surface area contributed by atoms with Crippen molar-refractivity contribution in [2.75, 3.05) is 13.3 Å². The van der Waals surface area contributed by atoms with Gasteiger partial charge in [0.1, 0.15) is 12.3 Å². The lowest BCUT2D eigenvalue weighted by Crippen LogP contribution is -2.42. The Labute approximate surface area is 94.1 Å². The standard InChI is InChI=1S/C10H17NO5/c1-9(2,3)16-8(14)11-5-10(4,7(12)13)15-6-11/h5-6H2,1-4H3,(H,12,13)/t10-/m1/s1. The summed E-state index contributed by atoms with van der Waals surface area (Å²) < 4.78 is 10.2. The average molecular weight is 231 g/mol. The normalized spacial score (nSPS) is 25.6. The fraction of sp³-hybridized carbons (Fsp3) is 0.800. The van der Waals surface area contributed by atoms with Crippen molar-refractivity contribution in [3.63, 3.8) is 0 Å². The van der Waals surface area contributed by atoms with Gasteiger partial charge in [-0.1, -0.05) is 0 Å². The number of hydrogen-bond acceptors (Lipinski definition) is 4. The summed E-state index contributed by atoms with van der Waals surface area (Å²) in [6, 6.07) is 0. The molecular weight excluding hydrogens is 214 g/mol. The summed E-state index contributed by atoms with van der Waals surface area (Å²) in [4.78, 5) is 23.7. The molecule has 1 aliphatic rings. The minimum absolute atomic E-state index is 0.00273. The van der Waals surface area contributed by atoms with Gasteiger partial charge in [0, 0.05) is 0 Å². The molecule has 0 aliphatic carbocycles. The molecule has 1 heterocycles. The Morgan fingerprint density at radius 3 is 2.38 bits per heavy atom. The monoisotopic (exact) mass is 231 g/mol. The van der Waals surface area contributed by atoms with Crippen LogP contribution >= 0.6 is 0 Å². The van der Waals surface area contributed by atoms with Gasteiger partial charge in [-0.15, -0.1) is 0 Å². The van der Waals surface area contributed by atoms with Crippen molar-refractivity contribution in [3.8, 4) is 0 Å². The maximum absolute atomic E-state index is 11.6. The largest absolute Gasteiger partial charge is 0.479 e. The summed E-state index contributed by atoms with van der Waals surface area (Å²) in [6.07, 6.45) is -0.558. The van der Waals surface area contributed by atoms with Gasteiger partial charge >= 0.3 is 12.1 Å². The Morgan fingerprint density at radius 2 is 2.00 bits per heavy atom. The van der Waals surface area contributed by atoms with Crippen LogP contribution in [0, 0.1) is 0 Å². The molecule has 1 fully saturated rings. The highest BCUT2D eigenvalue weighted by molar-refractivity contribution is 5.79. The first-order chi connectivity index (χ1) is 7.14. The highest BCUT2D eigenvalue weighted by atomic mass is 16.6. The van der Waals surface area contributed by atoms with Gasteiger partial charge < -0.3 is 14.6 Å². The third kappa shape index (κ3) is 2.85. The lowest BCUT2D eigenvalue weighted by molar-refractivity contribution is -0.156. The first-order valence-electron chi connectivity index (χ1n) is 4.99. The number of hydrogen-bond donors (Lipinski definition) is 1. The highest BCUT2D eigenvalue weighted by Crippen LogP contribution is 2.22. The van der Waals surface area contributed by atoms with E-state index in [0.29, 0.717) is 0 Å². The number of rotatable bonds is 1. The van der Waals surface area contributed by atoms with Gasteiger partial charge in [-0.2, -0.15) is 0 Å². The van der Waals surface area contributed by atoms with E-state index < -0.39 is 23.3 Å². The third-order valence-corrected chi connectivity index (χ3v) is 2.14. The predicted molar refractivity (Wildman–Crippen MR) is 54.9 cm³/mol. The molecule has 0 aromatic rings. The Morgan fingerprint density at radius 1 is 1.44 bits per heavy atom. The van der Waals surface area contributed by atoms with Crippen LogP contribution in [0.1, 0.15) is 27.7 Å². The fourth-order valence-electron chi connectivity index (χ4n) is 1.25. The Balaban J connectivity index is 2.60. The van der Waals surface area contributed by atoms with Gasteiger partial charge in [0.05, 0.1) is 6.54 Å². The van der Waals surface area contributed by atoms with E-state index in [2.05, 4.69) is 0 Å². The minimum atomic E-state index is -1.34. The van der Waals surface area contributed by atoms with Crippen LogP contribution in [0.5, 0.6) is 0 Å². The molecule has 0 spiro atoms. The molecule has 1 N–H and O–H groups in total. The van der Waals surface area contributed by atoms with E-state index in [9.17, 15) is 9.59 Å². The lowest BCUT2D eigenvalue weighted by Gasteiger charge is -2.23. The van der Waals surface area contributed by atoms with Gasteiger partial charge in [0.15, 0.2) is 5.60 Å². The van der Waals surface area contributed by atoms with E-state index in [1.807, 2.05) is 0 Å². The molecule has 0 radical (unpaired) electrons. The number of ether oxygens (including phenoxy) is 2. The highest BCUT2D eigenvalue weighted by Gasteiger charge is 2.44. The van der Waals surface area contributed by atoms with Crippen LogP contribution in [-0.2, 0) is 14.3 Å². The molecule has 0 unspecified atom stereocenters. The number of carbonyl (C=O) groups is 2. The number of carboxylic acid groups (broad SMARTS) is 1. The van der Waals surface area contributed by atoms with Crippen LogP contribution < -0.4 is 0 Å². The maximum atomic E-state index is 11.6. The number of carbonyl (C=O) groups excluding carboxylic acids is 1. The summed E-state index contributed by atoms with van der Waals surface area (Å²) >= 11 is 0. The van der Waals surface area contributed by atoms with Crippen LogP contribution in [0.2, 0.25) is 0 Å². The fourth-order valence-corrected chi connectivity index (χ4v) is 1.25. The van der Waals surface area contributed by atoms with Crippen molar-refractivity contribution < 1.29 is 24.2 Å². The molecule has 6 heteroatoms. The van der Waals surface area contributed by atoms with Gasteiger partial charge in [-0.05, 0) is 27.7 Å². The molecule has 0 aromatic carbocycles. The molecular formula is C10H17NO5. The Bertz CT molecular complexity index is 309. The quantitative estimate of drug-likeness (QED) is 0.730. The van der Waals surface area contributed by atoms with Crippen molar-refractivity contribution in [1.82, 2.24) is 4.90 Å². The van der Waals surface area contributed by atoms with E-state index in [0.717, 1.165) is 0 Å². The van der Waals surface area contributed by atoms with Gasteiger partial charge in [-0.3, -0.25) is 4.90 Å². The summed E-state index contributed by atoms with van der Waals surface area (Å²) in [5.74, 6) is -1.08. The smallest absolute Gasteiger partial charge is 0.412 e. The second-order valence-electron chi connectivity index (χ2n) is 4.99. The molecule has 1 rings (SSSR count). The van der Waals surface area contributed by atoms with E-state index in [1.165, 1.54) is 11.8 Å². The summed E-state index contributed by atoms with van der Waals surface area (Å²) in [5.41, 5.74) is -1.93. The molecule has 1 amide bonds. The predicted octanol–water partition coefficient (Wildman–Crippen LogP) is 1.05. The lowest BCUT2D eigenvalue weighted by atomic mass is 10.1. The van der Waals surface area contributed by atoms with E-state index in [1.54, 1.807) is 20.8 Å². The van der Waals surface area contributed by atoms with E-state index in [4.69, 9.17) is 14.6 Å². The van der Waals surface area contributed by atoms with Crippen LogP contribution in [-0.4, -0.2) is 46.5 Å². The SMILES string of the molecule is CC(C)(C)OC(=O)N1CO[C@@](C)(C(=O)O)C1. The average Bonchev–Trinajstić information content (AvgIpc) is 2.46. The van der Waals surface area contributed by atoms with Crippen molar-refractivity contribution in [2.24, 2.45) is 0 Å². The van der Waals surface area contributed by atoms with Crippen LogP contribution in [0.4, 0.5) is 4.79 Å². The molecule has 6 nitrogen and oxygen atoms in total. The summed E-state index contributed by atoms with van der Waals surface area (Å²) in [7, 11) is 0. The molecule has 1 saturated heterocycles. The molecule has 0 aromatic heterocycles. The Kier molecular flexibility index (Phi) is 3.14. The van der Waals surface area contributed by atoms with Gasteiger partial charge in [0.2, 0.25) is 0 Å². The summed E-state index contributed by atoms with van der Waals surface area (Å²) in [5, 5.41) is 8.90. The zero-order chi connectivity index (χ0) is 12.6.